The van der Waals surface area contributed by atoms with Gasteiger partial charge in [0.1, 0.15) is 11.2 Å². The van der Waals surface area contributed by atoms with Crippen LogP contribution in [0.2, 0.25) is 0 Å². The standard InChI is InChI=1S/C26H29N5O3/c1-17-9-11-19(12-10-17)14-28-25(34)26(3)16-31-22(24(33)30(26)4)13-21(29-31)23(32)27-15-20-8-6-5-7-18(20)2/h5-13H,14-16H2,1-4H3,(H,27,32)(H,28,34). The zero-order chi connectivity index (χ0) is 24.5. The summed E-state index contributed by atoms with van der Waals surface area (Å²) in [6, 6.07) is 17.2. The summed E-state index contributed by atoms with van der Waals surface area (Å²) in [5.74, 6) is -1.01. The first kappa shape index (κ1) is 23.2. The summed E-state index contributed by atoms with van der Waals surface area (Å²) >= 11 is 0. The number of aryl methyl sites for hydroxylation is 2. The molecule has 0 fully saturated rings. The summed E-state index contributed by atoms with van der Waals surface area (Å²) < 4.78 is 1.45. The highest BCUT2D eigenvalue weighted by molar-refractivity contribution is 6.01. The van der Waals surface area contributed by atoms with Gasteiger partial charge in [0.05, 0.1) is 6.54 Å². The lowest BCUT2D eigenvalue weighted by molar-refractivity contribution is -0.132. The molecule has 34 heavy (non-hydrogen) atoms. The van der Waals surface area contributed by atoms with E-state index in [4.69, 9.17) is 0 Å². The van der Waals surface area contributed by atoms with Crippen molar-refractivity contribution in [2.24, 2.45) is 0 Å². The van der Waals surface area contributed by atoms with Crippen LogP contribution in [-0.2, 0) is 24.4 Å². The van der Waals surface area contributed by atoms with Gasteiger partial charge in [-0.25, -0.2) is 0 Å². The van der Waals surface area contributed by atoms with Gasteiger partial charge in [0.15, 0.2) is 5.69 Å². The first-order valence-corrected chi connectivity index (χ1v) is 11.2. The molecule has 0 saturated heterocycles. The van der Waals surface area contributed by atoms with Crippen LogP contribution in [-0.4, -0.2) is 45.0 Å². The topological polar surface area (TPSA) is 96.3 Å². The molecule has 0 radical (unpaired) electrons. The van der Waals surface area contributed by atoms with Crippen molar-refractivity contribution >= 4 is 17.7 Å². The zero-order valence-electron chi connectivity index (χ0n) is 19.9. The van der Waals surface area contributed by atoms with Gasteiger partial charge in [-0.15, -0.1) is 0 Å². The number of amides is 3. The summed E-state index contributed by atoms with van der Waals surface area (Å²) in [4.78, 5) is 40.3. The Morgan fingerprint density at radius 1 is 1.03 bits per heavy atom. The number of rotatable bonds is 6. The van der Waals surface area contributed by atoms with Crippen LogP contribution in [0.5, 0.6) is 0 Å². The molecule has 0 saturated carbocycles. The predicted molar refractivity (Wildman–Crippen MR) is 128 cm³/mol. The second kappa shape index (κ2) is 9.13. The van der Waals surface area contributed by atoms with E-state index in [1.54, 1.807) is 14.0 Å². The molecule has 1 aliphatic heterocycles. The summed E-state index contributed by atoms with van der Waals surface area (Å²) in [5.41, 5.74) is 3.49. The third kappa shape index (κ3) is 4.44. The van der Waals surface area contributed by atoms with Crippen molar-refractivity contribution in [2.75, 3.05) is 7.05 Å². The quantitative estimate of drug-likeness (QED) is 0.592. The maximum Gasteiger partial charge on any atom is 0.272 e. The van der Waals surface area contributed by atoms with Gasteiger partial charge < -0.3 is 15.5 Å². The van der Waals surface area contributed by atoms with Crippen LogP contribution in [0.25, 0.3) is 0 Å². The molecule has 0 spiro atoms. The highest BCUT2D eigenvalue weighted by Gasteiger charge is 2.46. The molecule has 8 heteroatoms. The Hall–Kier alpha value is -3.94. The molecule has 3 aromatic rings. The van der Waals surface area contributed by atoms with Crippen molar-refractivity contribution in [1.29, 1.82) is 0 Å². The number of carbonyl (C=O) groups excluding carboxylic acids is 3. The number of hydrogen-bond acceptors (Lipinski definition) is 4. The van der Waals surface area contributed by atoms with E-state index >= 15 is 0 Å². The molecule has 1 unspecified atom stereocenters. The summed E-state index contributed by atoms with van der Waals surface area (Å²) in [7, 11) is 1.60. The van der Waals surface area contributed by atoms with Crippen molar-refractivity contribution in [3.8, 4) is 0 Å². The van der Waals surface area contributed by atoms with E-state index in [9.17, 15) is 14.4 Å². The van der Waals surface area contributed by atoms with Crippen LogP contribution in [0.15, 0.2) is 54.6 Å². The number of fused-ring (bicyclic) bond motifs is 1. The van der Waals surface area contributed by atoms with E-state index in [1.807, 2.05) is 62.4 Å². The lowest BCUT2D eigenvalue weighted by Gasteiger charge is -2.40. The van der Waals surface area contributed by atoms with Crippen LogP contribution in [0.3, 0.4) is 0 Å². The SMILES string of the molecule is Cc1ccc(CNC(=O)C2(C)Cn3nc(C(=O)NCc4ccccc4C)cc3C(=O)N2C)cc1. The van der Waals surface area contributed by atoms with Crippen LogP contribution in [0.1, 0.15) is 50.2 Å². The Balaban J connectivity index is 1.47. The van der Waals surface area contributed by atoms with Gasteiger partial charge in [-0.2, -0.15) is 5.10 Å². The Kier molecular flexibility index (Phi) is 6.24. The van der Waals surface area contributed by atoms with Crippen LogP contribution in [0.4, 0.5) is 0 Å². The van der Waals surface area contributed by atoms with E-state index in [1.165, 1.54) is 15.6 Å². The third-order valence-electron chi connectivity index (χ3n) is 6.50. The number of nitrogens with zero attached hydrogens (tertiary/aromatic N) is 3. The van der Waals surface area contributed by atoms with Gasteiger partial charge in [0.2, 0.25) is 5.91 Å². The Bertz CT molecular complexity index is 1250. The van der Waals surface area contributed by atoms with Gasteiger partial charge in [0.25, 0.3) is 11.8 Å². The number of benzene rings is 2. The average Bonchev–Trinajstić information content (AvgIpc) is 3.25. The third-order valence-corrected chi connectivity index (χ3v) is 6.50. The second-order valence-corrected chi connectivity index (χ2v) is 8.99. The molecule has 2 aromatic carbocycles. The molecule has 0 bridgehead atoms. The highest BCUT2D eigenvalue weighted by atomic mass is 16.2. The minimum absolute atomic E-state index is 0.148. The number of likely N-dealkylation sites (N-methyl/N-ethyl adjacent to an activating group) is 1. The van der Waals surface area contributed by atoms with E-state index < -0.39 is 5.54 Å². The molecule has 0 aliphatic carbocycles. The fourth-order valence-electron chi connectivity index (χ4n) is 3.99. The van der Waals surface area contributed by atoms with E-state index in [-0.39, 0.29) is 35.7 Å². The van der Waals surface area contributed by atoms with E-state index in [2.05, 4.69) is 15.7 Å². The summed E-state index contributed by atoms with van der Waals surface area (Å²) in [6.07, 6.45) is 0. The Morgan fingerprint density at radius 3 is 2.44 bits per heavy atom. The van der Waals surface area contributed by atoms with Crippen LogP contribution >= 0.6 is 0 Å². The minimum atomic E-state index is -1.14. The van der Waals surface area contributed by atoms with Gasteiger partial charge in [0, 0.05) is 26.2 Å². The average molecular weight is 460 g/mol. The maximum atomic E-state index is 13.1. The van der Waals surface area contributed by atoms with Crippen LogP contribution in [0, 0.1) is 13.8 Å². The minimum Gasteiger partial charge on any atom is -0.350 e. The van der Waals surface area contributed by atoms with Crippen molar-refractivity contribution in [2.45, 2.75) is 45.9 Å². The molecule has 176 valence electrons. The van der Waals surface area contributed by atoms with Crippen molar-refractivity contribution < 1.29 is 14.4 Å². The summed E-state index contributed by atoms with van der Waals surface area (Å²) in [5, 5.41) is 10.1. The lowest BCUT2D eigenvalue weighted by Crippen LogP contribution is -2.62. The normalized spacial score (nSPS) is 17.3. The van der Waals surface area contributed by atoms with Crippen molar-refractivity contribution in [3.63, 3.8) is 0 Å². The zero-order valence-corrected chi connectivity index (χ0v) is 19.9. The molecular weight excluding hydrogens is 430 g/mol. The number of aromatic nitrogens is 2. The fourth-order valence-corrected chi connectivity index (χ4v) is 3.99. The summed E-state index contributed by atoms with van der Waals surface area (Å²) in [6.45, 7) is 6.56. The molecule has 1 aromatic heterocycles. The number of carbonyl (C=O) groups is 3. The second-order valence-electron chi connectivity index (χ2n) is 8.99. The molecule has 3 amide bonds. The molecule has 1 aliphatic rings. The number of hydrogen-bond donors (Lipinski definition) is 2. The largest absolute Gasteiger partial charge is 0.350 e. The smallest absolute Gasteiger partial charge is 0.272 e. The predicted octanol–water partition coefficient (Wildman–Crippen LogP) is 2.59. The van der Waals surface area contributed by atoms with Gasteiger partial charge in [-0.05, 0) is 37.5 Å². The van der Waals surface area contributed by atoms with Crippen LogP contribution < -0.4 is 10.6 Å². The highest BCUT2D eigenvalue weighted by Crippen LogP contribution is 2.26. The molecule has 8 nitrogen and oxygen atoms in total. The molecule has 1 atom stereocenters. The van der Waals surface area contributed by atoms with Crippen molar-refractivity contribution in [1.82, 2.24) is 25.3 Å². The molecular formula is C26H29N5O3. The Morgan fingerprint density at radius 2 is 1.74 bits per heavy atom. The lowest BCUT2D eigenvalue weighted by atomic mass is 9.95. The molecule has 4 rings (SSSR count). The number of nitrogens with one attached hydrogen (secondary N) is 2. The maximum absolute atomic E-state index is 13.1. The van der Waals surface area contributed by atoms with Gasteiger partial charge >= 0.3 is 0 Å². The van der Waals surface area contributed by atoms with Crippen molar-refractivity contribution in [3.05, 3.63) is 88.2 Å². The Labute approximate surface area is 199 Å². The first-order chi connectivity index (χ1) is 16.2. The van der Waals surface area contributed by atoms with E-state index in [0.29, 0.717) is 13.1 Å². The molecule has 2 heterocycles. The van der Waals surface area contributed by atoms with E-state index in [0.717, 1.165) is 22.3 Å². The first-order valence-electron chi connectivity index (χ1n) is 11.2. The van der Waals surface area contributed by atoms with Gasteiger partial charge in [-0.1, -0.05) is 54.1 Å². The molecule has 2 N–H and O–H groups in total. The monoisotopic (exact) mass is 459 g/mol. The fraction of sp³-hybridized carbons (Fsp3) is 0.308. The van der Waals surface area contributed by atoms with Gasteiger partial charge in [-0.3, -0.25) is 19.1 Å².